The Morgan fingerprint density at radius 3 is 2.52 bits per heavy atom. The van der Waals surface area contributed by atoms with Crippen LogP contribution in [-0.2, 0) is 24.9 Å². The summed E-state index contributed by atoms with van der Waals surface area (Å²) < 4.78 is 48.7. The highest BCUT2D eigenvalue weighted by atomic mass is 32.2. The third kappa shape index (κ3) is 13.3. The van der Waals surface area contributed by atoms with E-state index in [1.165, 1.54) is 0 Å². The molecule has 12 heteroatoms. The molecule has 10 nitrogen and oxygen atoms in total. The number of nitriles is 1. The van der Waals surface area contributed by atoms with E-state index in [2.05, 4.69) is 14.6 Å². The lowest BCUT2D eigenvalue weighted by atomic mass is 10.4. The van der Waals surface area contributed by atoms with Crippen molar-refractivity contribution in [3.63, 3.8) is 0 Å². The second-order valence-corrected chi connectivity index (χ2v) is 7.71. The summed E-state index contributed by atoms with van der Waals surface area (Å²) >= 11 is 0. The predicted octanol–water partition coefficient (Wildman–Crippen LogP) is -1.95. The Balaban J connectivity index is 3.91. The monoisotopic (exact) mass is 341 g/mol. The molecule has 0 aromatic carbocycles. The zero-order valence-corrected chi connectivity index (χ0v) is 13.2. The first-order valence-corrected chi connectivity index (χ1v) is 9.44. The summed E-state index contributed by atoms with van der Waals surface area (Å²) in [7, 11) is -6.80. The van der Waals surface area contributed by atoms with Crippen LogP contribution in [0.1, 0.15) is 12.8 Å². The Morgan fingerprint density at radius 1 is 1.29 bits per heavy atom. The van der Waals surface area contributed by atoms with E-state index in [1.807, 2.05) is 6.07 Å². The lowest BCUT2D eigenvalue weighted by molar-refractivity contribution is 0.159. The average molecular weight is 341 g/mol. The van der Waals surface area contributed by atoms with Gasteiger partial charge in [-0.15, -0.1) is 0 Å². The first kappa shape index (κ1) is 19.6. The van der Waals surface area contributed by atoms with Gasteiger partial charge in [0.25, 0.3) is 0 Å². The van der Waals surface area contributed by atoms with Crippen LogP contribution < -0.4 is 15.2 Å². The Bertz CT molecular complexity index is 578. The summed E-state index contributed by atoms with van der Waals surface area (Å²) in [4.78, 5) is 4.72. The second-order valence-electron chi connectivity index (χ2n) is 3.95. The van der Waals surface area contributed by atoms with Crippen LogP contribution in [0.5, 0.6) is 0 Å². The molecule has 122 valence electrons. The van der Waals surface area contributed by atoms with Crippen LogP contribution in [0.4, 0.5) is 0 Å². The highest BCUT2D eigenvalue weighted by Gasteiger charge is 2.09. The minimum atomic E-state index is -3.52. The molecule has 0 aromatic heterocycles. The molecule has 0 fully saturated rings. The summed E-state index contributed by atoms with van der Waals surface area (Å²) in [5.41, 5.74) is 5.44. The second kappa shape index (κ2) is 9.50. The van der Waals surface area contributed by atoms with Gasteiger partial charge in [-0.3, -0.25) is 0 Å². The van der Waals surface area contributed by atoms with Crippen molar-refractivity contribution in [1.82, 2.24) is 9.44 Å². The number of sulfonamides is 2. The first-order valence-electron chi connectivity index (χ1n) is 5.89. The maximum absolute atomic E-state index is 11.4. The van der Waals surface area contributed by atoms with E-state index in [-0.39, 0.29) is 44.1 Å². The van der Waals surface area contributed by atoms with Crippen molar-refractivity contribution in [2.45, 2.75) is 12.8 Å². The van der Waals surface area contributed by atoms with E-state index in [9.17, 15) is 16.8 Å². The number of nitrogens with one attached hydrogen (secondary N) is 2. The minimum Gasteiger partial charge on any atom is -0.393 e. The Kier molecular flexibility index (Phi) is 8.86. The molecule has 21 heavy (non-hydrogen) atoms. The van der Waals surface area contributed by atoms with Crippen LogP contribution in [0.3, 0.4) is 0 Å². The molecule has 0 aromatic rings. The predicted molar refractivity (Wildman–Crippen MR) is 77.1 cm³/mol. The number of amidine groups is 1. The Hall–Kier alpha value is -1.42. The van der Waals surface area contributed by atoms with Crippen LogP contribution >= 0.6 is 0 Å². The van der Waals surface area contributed by atoms with Crippen molar-refractivity contribution >= 4 is 25.9 Å². The number of nitrogens with two attached hydrogens (primary N) is 1. The zero-order chi connectivity index (χ0) is 16.4. The molecule has 0 aliphatic rings. The van der Waals surface area contributed by atoms with Gasteiger partial charge >= 0.3 is 0 Å². The number of hydrogen-bond acceptors (Lipinski definition) is 7. The molecule has 0 bridgehead atoms. The van der Waals surface area contributed by atoms with Crippen molar-refractivity contribution in [3.8, 4) is 6.07 Å². The summed E-state index contributed by atoms with van der Waals surface area (Å²) in [5, 5.41) is 11.7. The van der Waals surface area contributed by atoms with Crippen LogP contribution in [0.25, 0.3) is 0 Å². The van der Waals surface area contributed by atoms with E-state index < -0.39 is 20.0 Å². The van der Waals surface area contributed by atoms with Crippen LogP contribution in [-0.4, -0.2) is 54.4 Å². The summed E-state index contributed by atoms with van der Waals surface area (Å²) in [6.45, 7) is -0.0883. The summed E-state index contributed by atoms with van der Waals surface area (Å²) in [6.07, 6.45) is 1.24. The molecule has 0 spiro atoms. The molecule has 0 heterocycles. The lowest BCUT2D eigenvalue weighted by Crippen LogP contribution is -2.29. The first-order chi connectivity index (χ1) is 9.66. The topological polar surface area (TPSA) is 164 Å². The fourth-order valence-corrected chi connectivity index (χ4v) is 2.34. The van der Waals surface area contributed by atoms with Crippen molar-refractivity contribution in [2.75, 3.05) is 31.7 Å². The summed E-state index contributed by atoms with van der Waals surface area (Å²) in [5.74, 6) is -0.280. The fraction of sp³-hybridized carbons (Fsp3) is 0.778. The SMILES string of the molecule is CS(=O)(=O)NCC/C(N)=N/OCCS(=O)(=O)NCCC#N. The van der Waals surface area contributed by atoms with Crippen LogP contribution in [0, 0.1) is 11.3 Å². The number of hydrogen-bond donors (Lipinski definition) is 3. The fourth-order valence-electron chi connectivity index (χ4n) is 1.02. The highest BCUT2D eigenvalue weighted by molar-refractivity contribution is 7.89. The van der Waals surface area contributed by atoms with Crippen molar-refractivity contribution < 1.29 is 21.7 Å². The molecule has 0 amide bonds. The molecule has 0 unspecified atom stereocenters. The normalized spacial score (nSPS) is 12.9. The molecule has 4 N–H and O–H groups in total. The number of oxime groups is 1. The van der Waals surface area contributed by atoms with Gasteiger partial charge in [0.05, 0.1) is 12.3 Å². The lowest BCUT2D eigenvalue weighted by Gasteiger charge is -2.05. The van der Waals surface area contributed by atoms with Gasteiger partial charge in [-0.2, -0.15) is 5.26 Å². The summed E-state index contributed by atoms with van der Waals surface area (Å²) in [6, 6.07) is 1.81. The highest BCUT2D eigenvalue weighted by Crippen LogP contribution is 1.89. The smallest absolute Gasteiger partial charge is 0.215 e. The number of nitrogens with zero attached hydrogens (tertiary/aromatic N) is 2. The van der Waals surface area contributed by atoms with Gasteiger partial charge in [-0.25, -0.2) is 26.3 Å². The third-order valence-corrected chi connectivity index (χ3v) is 4.01. The standard InChI is InChI=1S/C9H19N5O5S2/c1-20(15,16)12-6-3-9(11)14-19-7-8-21(17,18)13-5-2-4-10/h12-13H,2-3,5-8H2,1H3,(H2,11,14). The molecular formula is C9H19N5O5S2. The van der Waals surface area contributed by atoms with E-state index in [1.54, 1.807) is 0 Å². The molecule has 0 saturated heterocycles. The van der Waals surface area contributed by atoms with Crippen molar-refractivity contribution in [1.29, 1.82) is 5.26 Å². The van der Waals surface area contributed by atoms with Gasteiger partial charge in [-0.1, -0.05) is 5.16 Å². The van der Waals surface area contributed by atoms with Crippen LogP contribution in [0.2, 0.25) is 0 Å². The molecule has 0 atom stereocenters. The van der Waals surface area contributed by atoms with Crippen LogP contribution in [0.15, 0.2) is 5.16 Å². The molecular weight excluding hydrogens is 322 g/mol. The third-order valence-electron chi connectivity index (χ3n) is 1.93. The van der Waals surface area contributed by atoms with E-state index in [0.717, 1.165) is 6.26 Å². The Morgan fingerprint density at radius 2 is 1.95 bits per heavy atom. The van der Waals surface area contributed by atoms with Gasteiger partial charge in [-0.05, 0) is 0 Å². The van der Waals surface area contributed by atoms with Gasteiger partial charge in [0.15, 0.2) is 0 Å². The Labute approximate surface area is 124 Å². The average Bonchev–Trinajstić information content (AvgIpc) is 2.33. The van der Waals surface area contributed by atoms with Gasteiger partial charge in [0.1, 0.15) is 18.2 Å². The molecule has 0 radical (unpaired) electrons. The zero-order valence-electron chi connectivity index (χ0n) is 11.6. The maximum Gasteiger partial charge on any atom is 0.215 e. The van der Waals surface area contributed by atoms with E-state index in [0.29, 0.717) is 0 Å². The quantitative estimate of drug-likeness (QED) is 0.170. The minimum absolute atomic E-state index is 0.0426. The van der Waals surface area contributed by atoms with Gasteiger partial charge in [0, 0.05) is 25.9 Å². The molecule has 0 saturated carbocycles. The molecule has 0 aliphatic heterocycles. The van der Waals surface area contributed by atoms with Crippen molar-refractivity contribution in [2.24, 2.45) is 10.9 Å². The van der Waals surface area contributed by atoms with E-state index >= 15 is 0 Å². The molecule has 0 aliphatic carbocycles. The largest absolute Gasteiger partial charge is 0.393 e. The van der Waals surface area contributed by atoms with Crippen molar-refractivity contribution in [3.05, 3.63) is 0 Å². The van der Waals surface area contributed by atoms with E-state index in [4.69, 9.17) is 15.8 Å². The van der Waals surface area contributed by atoms with Gasteiger partial charge < -0.3 is 10.6 Å². The maximum atomic E-state index is 11.4. The number of rotatable bonds is 11. The van der Waals surface area contributed by atoms with Gasteiger partial charge in [0.2, 0.25) is 20.0 Å². The molecule has 0 rings (SSSR count).